The summed E-state index contributed by atoms with van der Waals surface area (Å²) in [4.78, 5) is 14.0. The first-order valence-corrected chi connectivity index (χ1v) is 6.15. The Morgan fingerprint density at radius 1 is 1.62 bits per heavy atom. The van der Waals surface area contributed by atoms with Crippen LogP contribution in [0.15, 0.2) is 10.6 Å². The summed E-state index contributed by atoms with van der Waals surface area (Å²) in [5.41, 5.74) is 0. The molecule has 90 valence electrons. The minimum atomic E-state index is -3.60. The lowest BCUT2D eigenvalue weighted by Gasteiger charge is -2.02. The fourth-order valence-electron chi connectivity index (χ4n) is 0.949. The number of sulfonamides is 1. The third kappa shape index (κ3) is 4.41. The zero-order valence-electron chi connectivity index (χ0n) is 8.63. The molecule has 0 radical (unpaired) electrons. The molecule has 0 spiro atoms. The smallest absolute Gasteiger partial charge is 0.304 e. The second-order valence-electron chi connectivity index (χ2n) is 3.15. The van der Waals surface area contributed by atoms with Crippen molar-refractivity contribution >= 4 is 16.0 Å². The molecule has 1 aromatic heterocycles. The third-order valence-corrected chi connectivity index (χ3v) is 3.02. The molecule has 16 heavy (non-hydrogen) atoms. The summed E-state index contributed by atoms with van der Waals surface area (Å²) < 4.78 is 29.8. The van der Waals surface area contributed by atoms with Crippen LogP contribution in [-0.4, -0.2) is 30.2 Å². The van der Waals surface area contributed by atoms with Crippen LogP contribution in [0.2, 0.25) is 0 Å². The molecule has 7 nitrogen and oxygen atoms in total. The Bertz CT molecular complexity index is 465. The lowest BCUT2D eigenvalue weighted by molar-refractivity contribution is -0.136. The molecule has 0 aliphatic heterocycles. The van der Waals surface area contributed by atoms with Crippen LogP contribution >= 0.6 is 0 Å². The monoisotopic (exact) mass is 248 g/mol. The van der Waals surface area contributed by atoms with Gasteiger partial charge in [0.05, 0.1) is 24.9 Å². The fraction of sp³-hybridized carbons (Fsp3) is 0.500. The number of hydrogen-bond donors (Lipinski definition) is 2. The normalized spacial score (nSPS) is 11.6. The van der Waals surface area contributed by atoms with Crippen molar-refractivity contribution in [3.63, 3.8) is 0 Å². The van der Waals surface area contributed by atoms with Gasteiger partial charge in [-0.2, -0.15) is 0 Å². The fourth-order valence-corrected chi connectivity index (χ4v) is 1.88. The van der Waals surface area contributed by atoms with Crippen molar-refractivity contribution in [2.45, 2.75) is 19.9 Å². The minimum absolute atomic E-state index is 0.0736. The van der Waals surface area contributed by atoms with E-state index < -0.39 is 28.2 Å². The van der Waals surface area contributed by atoms with Crippen LogP contribution in [0.1, 0.15) is 18.1 Å². The zero-order chi connectivity index (χ0) is 12.2. The van der Waals surface area contributed by atoms with Crippen molar-refractivity contribution < 1.29 is 22.7 Å². The van der Waals surface area contributed by atoms with E-state index in [0.717, 1.165) is 0 Å². The lowest BCUT2D eigenvalue weighted by Crippen LogP contribution is -2.27. The van der Waals surface area contributed by atoms with Gasteiger partial charge in [0.1, 0.15) is 5.76 Å². The minimum Gasteiger partial charge on any atom is -0.481 e. The summed E-state index contributed by atoms with van der Waals surface area (Å²) in [6.07, 6.45) is 1.04. The largest absolute Gasteiger partial charge is 0.481 e. The molecule has 1 aromatic rings. The topological polar surface area (TPSA) is 110 Å². The maximum absolute atomic E-state index is 11.3. The molecule has 0 saturated heterocycles. The first kappa shape index (κ1) is 12.7. The summed E-state index contributed by atoms with van der Waals surface area (Å²) in [5, 5.41) is 8.34. The average molecular weight is 248 g/mol. The van der Waals surface area contributed by atoms with E-state index in [1.165, 1.54) is 6.20 Å². The molecule has 0 unspecified atom stereocenters. The molecule has 0 amide bonds. The number of nitrogens with zero attached hydrogens (tertiary/aromatic N) is 1. The van der Waals surface area contributed by atoms with Crippen LogP contribution in [0.4, 0.5) is 0 Å². The molecule has 1 heterocycles. The number of rotatable bonds is 6. The van der Waals surface area contributed by atoms with Gasteiger partial charge in [0, 0.05) is 0 Å². The Hall–Kier alpha value is -1.41. The molecule has 2 N–H and O–H groups in total. The zero-order valence-corrected chi connectivity index (χ0v) is 9.45. The van der Waals surface area contributed by atoms with Gasteiger partial charge in [0.15, 0.2) is 0 Å². The molecule has 8 heteroatoms. The van der Waals surface area contributed by atoms with Crippen molar-refractivity contribution in [3.8, 4) is 0 Å². The highest BCUT2D eigenvalue weighted by Crippen LogP contribution is 2.01. The van der Waals surface area contributed by atoms with E-state index in [1.54, 1.807) is 6.92 Å². The van der Waals surface area contributed by atoms with E-state index in [1.807, 2.05) is 0 Å². The van der Waals surface area contributed by atoms with Crippen LogP contribution < -0.4 is 4.72 Å². The van der Waals surface area contributed by atoms with Gasteiger partial charge in [-0.05, 0) is 6.92 Å². The predicted octanol–water partition coefficient (Wildman–Crippen LogP) is -0.123. The summed E-state index contributed by atoms with van der Waals surface area (Å²) in [6, 6.07) is 0. The van der Waals surface area contributed by atoms with Crippen molar-refractivity contribution in [2.75, 3.05) is 5.75 Å². The Morgan fingerprint density at radius 2 is 2.31 bits per heavy atom. The summed E-state index contributed by atoms with van der Waals surface area (Å²) in [7, 11) is -3.60. The summed E-state index contributed by atoms with van der Waals surface area (Å²) >= 11 is 0. The van der Waals surface area contributed by atoms with Crippen LogP contribution in [0, 0.1) is 6.92 Å². The highest BCUT2D eigenvalue weighted by molar-refractivity contribution is 7.89. The molecule has 0 fully saturated rings. The third-order valence-electron chi connectivity index (χ3n) is 1.70. The number of hydrogen-bond acceptors (Lipinski definition) is 5. The Balaban J connectivity index is 2.45. The van der Waals surface area contributed by atoms with Gasteiger partial charge in [-0.1, -0.05) is 0 Å². The molecule has 0 aromatic carbocycles. The van der Waals surface area contributed by atoms with Gasteiger partial charge >= 0.3 is 5.97 Å². The number of aliphatic carboxylic acids is 1. The molecule has 0 atom stereocenters. The summed E-state index contributed by atoms with van der Waals surface area (Å²) in [5.74, 6) is -0.782. The van der Waals surface area contributed by atoms with Crippen molar-refractivity contribution in [2.24, 2.45) is 0 Å². The summed E-state index contributed by atoms with van der Waals surface area (Å²) in [6.45, 7) is 1.62. The number of carboxylic acids is 1. The van der Waals surface area contributed by atoms with Crippen LogP contribution in [0.3, 0.4) is 0 Å². The second-order valence-corrected chi connectivity index (χ2v) is 5.07. The Labute approximate surface area is 92.5 Å². The van der Waals surface area contributed by atoms with E-state index in [-0.39, 0.29) is 12.4 Å². The highest BCUT2D eigenvalue weighted by Gasteiger charge is 2.13. The van der Waals surface area contributed by atoms with Crippen LogP contribution in [0.25, 0.3) is 0 Å². The number of nitrogens with one attached hydrogen (secondary N) is 1. The van der Waals surface area contributed by atoms with Crippen molar-refractivity contribution in [1.82, 2.24) is 9.71 Å². The van der Waals surface area contributed by atoms with E-state index in [4.69, 9.17) is 9.52 Å². The lowest BCUT2D eigenvalue weighted by atomic mass is 10.5. The molecule has 0 bridgehead atoms. The van der Waals surface area contributed by atoms with Crippen LogP contribution in [-0.2, 0) is 21.4 Å². The van der Waals surface area contributed by atoms with Gasteiger partial charge < -0.3 is 9.52 Å². The van der Waals surface area contributed by atoms with Gasteiger partial charge in [-0.15, -0.1) is 0 Å². The SMILES string of the molecule is Cc1cnc(CNS(=O)(=O)CCC(=O)O)o1. The first-order valence-electron chi connectivity index (χ1n) is 4.49. The second kappa shape index (κ2) is 5.08. The van der Waals surface area contributed by atoms with Gasteiger partial charge in [0.25, 0.3) is 0 Å². The van der Waals surface area contributed by atoms with E-state index >= 15 is 0 Å². The molecule has 0 aliphatic rings. The van der Waals surface area contributed by atoms with Gasteiger partial charge in [-0.25, -0.2) is 18.1 Å². The van der Waals surface area contributed by atoms with Crippen LogP contribution in [0.5, 0.6) is 0 Å². The number of carboxylic acid groups (broad SMARTS) is 1. The number of carbonyl (C=O) groups is 1. The first-order chi connectivity index (χ1) is 7.39. The molecular formula is C8H12N2O5S. The van der Waals surface area contributed by atoms with Crippen molar-refractivity contribution in [1.29, 1.82) is 0 Å². The Morgan fingerprint density at radius 3 is 2.81 bits per heavy atom. The number of oxazole rings is 1. The number of aromatic nitrogens is 1. The standard InChI is InChI=1S/C8H12N2O5S/c1-6-4-9-7(15-6)5-10-16(13,14)3-2-8(11)12/h4,10H,2-3,5H2,1H3,(H,11,12). The van der Waals surface area contributed by atoms with Crippen molar-refractivity contribution in [3.05, 3.63) is 17.8 Å². The maximum atomic E-state index is 11.3. The Kier molecular flexibility index (Phi) is 4.02. The molecule has 0 saturated carbocycles. The number of aryl methyl sites for hydroxylation is 1. The van der Waals surface area contributed by atoms with E-state index in [2.05, 4.69) is 9.71 Å². The van der Waals surface area contributed by atoms with Gasteiger partial charge in [0.2, 0.25) is 15.9 Å². The van der Waals surface area contributed by atoms with E-state index in [0.29, 0.717) is 5.76 Å². The molecule has 1 rings (SSSR count). The van der Waals surface area contributed by atoms with E-state index in [9.17, 15) is 13.2 Å². The highest BCUT2D eigenvalue weighted by atomic mass is 32.2. The predicted molar refractivity (Wildman–Crippen MR) is 54.1 cm³/mol. The molecule has 0 aliphatic carbocycles. The van der Waals surface area contributed by atoms with Gasteiger partial charge in [-0.3, -0.25) is 4.79 Å². The molecular weight excluding hydrogens is 236 g/mol. The quantitative estimate of drug-likeness (QED) is 0.726. The maximum Gasteiger partial charge on any atom is 0.304 e. The average Bonchev–Trinajstić information content (AvgIpc) is 2.59.